The first-order chi connectivity index (χ1) is 17.7. The smallest absolute Gasteiger partial charge is 0.264 e. The van der Waals surface area contributed by atoms with Gasteiger partial charge in [-0.25, -0.2) is 13.8 Å². The van der Waals surface area contributed by atoms with Crippen molar-refractivity contribution in [2.45, 2.75) is 11.8 Å². The fraction of sp³-hybridized carbons (Fsp3) is 0.160. The first-order valence-electron chi connectivity index (χ1n) is 11.0. The van der Waals surface area contributed by atoms with Gasteiger partial charge in [-0.3, -0.25) is 13.9 Å². The van der Waals surface area contributed by atoms with Crippen LogP contribution in [0.3, 0.4) is 0 Å². The highest BCUT2D eigenvalue weighted by Crippen LogP contribution is 2.26. The number of carbonyl (C=O) groups excluding carboxylic acids is 2. The maximum atomic E-state index is 13.4. The lowest BCUT2D eigenvalue weighted by Crippen LogP contribution is -2.39. The number of sulfonamides is 1. The number of hydrogen-bond acceptors (Lipinski definition) is 7. The van der Waals surface area contributed by atoms with Gasteiger partial charge in [0.2, 0.25) is 0 Å². The second kappa shape index (κ2) is 12.7. The monoisotopic (exact) mass is 544 g/mol. The van der Waals surface area contributed by atoms with Crippen molar-refractivity contribution in [1.82, 2.24) is 5.43 Å². The third kappa shape index (κ3) is 7.95. The molecule has 0 saturated heterocycles. The van der Waals surface area contributed by atoms with Gasteiger partial charge in [0.1, 0.15) is 18.0 Å². The summed E-state index contributed by atoms with van der Waals surface area (Å²) in [4.78, 5) is 23.4. The molecule has 3 N–H and O–H groups in total. The molecule has 0 aliphatic rings. The summed E-state index contributed by atoms with van der Waals surface area (Å²) in [6.45, 7) is 1.52. The molecule has 3 aromatic carbocycles. The largest absolute Gasteiger partial charge is 0.494 e. The van der Waals surface area contributed by atoms with Gasteiger partial charge in [-0.2, -0.15) is 5.10 Å². The van der Waals surface area contributed by atoms with Gasteiger partial charge in [-0.15, -0.1) is 0 Å². The normalized spacial score (nSPS) is 11.2. The van der Waals surface area contributed by atoms with Crippen LogP contribution in [0.5, 0.6) is 11.5 Å². The molecule has 0 unspecified atom stereocenters. The van der Waals surface area contributed by atoms with Crippen molar-refractivity contribution in [2.24, 2.45) is 10.8 Å². The number of anilines is 1. The van der Waals surface area contributed by atoms with E-state index in [1.807, 2.05) is 6.92 Å². The molecule has 0 aliphatic heterocycles. The molecule has 0 heterocycles. The first-order valence-corrected chi connectivity index (χ1v) is 12.8. The van der Waals surface area contributed by atoms with Crippen molar-refractivity contribution in [2.75, 3.05) is 24.1 Å². The van der Waals surface area contributed by atoms with Crippen molar-refractivity contribution in [3.8, 4) is 11.5 Å². The highest BCUT2D eigenvalue weighted by Gasteiger charge is 2.27. The molecule has 0 aromatic heterocycles. The van der Waals surface area contributed by atoms with Crippen LogP contribution >= 0.6 is 11.6 Å². The lowest BCUT2D eigenvalue weighted by molar-refractivity contribution is -0.120. The lowest BCUT2D eigenvalue weighted by atomic mass is 10.2. The summed E-state index contributed by atoms with van der Waals surface area (Å²) in [7, 11) is -4.11. The maximum Gasteiger partial charge on any atom is 0.264 e. The number of halogens is 1. The lowest BCUT2D eigenvalue weighted by Gasteiger charge is -2.24. The molecular weight excluding hydrogens is 520 g/mol. The Hall–Kier alpha value is -4.09. The summed E-state index contributed by atoms with van der Waals surface area (Å²) >= 11 is 5.91. The van der Waals surface area contributed by atoms with Gasteiger partial charge in [-0.05, 0) is 85.3 Å². The van der Waals surface area contributed by atoms with Crippen LogP contribution in [0.1, 0.15) is 12.5 Å². The van der Waals surface area contributed by atoms with Gasteiger partial charge in [0.15, 0.2) is 6.61 Å². The van der Waals surface area contributed by atoms with E-state index in [0.717, 1.165) is 4.31 Å². The molecule has 0 saturated carbocycles. The third-order valence-electron chi connectivity index (χ3n) is 4.79. The van der Waals surface area contributed by atoms with E-state index < -0.39 is 28.4 Å². The van der Waals surface area contributed by atoms with Crippen LogP contribution in [0.25, 0.3) is 0 Å². The molecule has 0 bridgehead atoms. The molecule has 0 aliphatic carbocycles. The molecule has 194 valence electrons. The Morgan fingerprint density at radius 3 is 2.16 bits per heavy atom. The summed E-state index contributed by atoms with van der Waals surface area (Å²) in [6.07, 6.45) is 1.38. The zero-order valence-electron chi connectivity index (χ0n) is 19.8. The minimum atomic E-state index is -4.11. The summed E-state index contributed by atoms with van der Waals surface area (Å²) in [5.74, 6) is -0.247. The number of benzene rings is 3. The average molecular weight is 545 g/mol. The van der Waals surface area contributed by atoms with Crippen molar-refractivity contribution < 1.29 is 27.5 Å². The Morgan fingerprint density at radius 1 is 0.973 bits per heavy atom. The molecule has 2 amide bonds. The second-order valence-electron chi connectivity index (χ2n) is 7.51. The van der Waals surface area contributed by atoms with Gasteiger partial charge < -0.3 is 15.2 Å². The minimum absolute atomic E-state index is 0.0271. The minimum Gasteiger partial charge on any atom is -0.494 e. The topological polar surface area (TPSA) is 140 Å². The van der Waals surface area contributed by atoms with E-state index in [1.54, 1.807) is 48.5 Å². The Kier molecular flexibility index (Phi) is 9.47. The molecule has 0 atom stereocenters. The van der Waals surface area contributed by atoms with Crippen molar-refractivity contribution in [1.29, 1.82) is 0 Å². The van der Waals surface area contributed by atoms with E-state index in [9.17, 15) is 18.0 Å². The van der Waals surface area contributed by atoms with Crippen LogP contribution in [-0.2, 0) is 19.6 Å². The Balaban J connectivity index is 1.75. The molecule has 0 spiro atoms. The summed E-state index contributed by atoms with van der Waals surface area (Å²) in [5.41, 5.74) is 8.28. The van der Waals surface area contributed by atoms with Crippen LogP contribution in [0.2, 0.25) is 5.02 Å². The van der Waals surface area contributed by atoms with Gasteiger partial charge >= 0.3 is 0 Å². The van der Waals surface area contributed by atoms with E-state index in [2.05, 4.69) is 10.5 Å². The number of primary amides is 1. The summed E-state index contributed by atoms with van der Waals surface area (Å²) in [5, 5.41) is 4.28. The fourth-order valence-corrected chi connectivity index (χ4v) is 4.62. The number of amides is 2. The molecular formula is C25H25ClN4O6S. The number of hydrogen-bond donors (Lipinski definition) is 2. The van der Waals surface area contributed by atoms with Crippen LogP contribution in [-0.4, -0.2) is 46.2 Å². The molecule has 37 heavy (non-hydrogen) atoms. The Bertz CT molecular complexity index is 1350. The van der Waals surface area contributed by atoms with Gasteiger partial charge in [0.25, 0.3) is 21.8 Å². The van der Waals surface area contributed by atoms with Crippen LogP contribution in [0, 0.1) is 0 Å². The van der Waals surface area contributed by atoms with E-state index >= 15 is 0 Å². The average Bonchev–Trinajstić information content (AvgIpc) is 2.88. The van der Waals surface area contributed by atoms with E-state index in [4.69, 9.17) is 26.8 Å². The van der Waals surface area contributed by atoms with Crippen molar-refractivity contribution >= 4 is 45.3 Å². The highest BCUT2D eigenvalue weighted by atomic mass is 35.5. The number of nitrogens with one attached hydrogen (secondary N) is 1. The van der Waals surface area contributed by atoms with E-state index in [0.29, 0.717) is 28.7 Å². The highest BCUT2D eigenvalue weighted by molar-refractivity contribution is 7.92. The van der Waals surface area contributed by atoms with Gasteiger partial charge in [-0.1, -0.05) is 11.6 Å². The van der Waals surface area contributed by atoms with Crippen LogP contribution in [0.15, 0.2) is 82.8 Å². The van der Waals surface area contributed by atoms with E-state index in [1.165, 1.54) is 30.5 Å². The first kappa shape index (κ1) is 27.5. The molecule has 0 fully saturated rings. The molecule has 10 nitrogen and oxygen atoms in total. The molecule has 3 rings (SSSR count). The van der Waals surface area contributed by atoms with Gasteiger partial charge in [0.05, 0.1) is 23.4 Å². The predicted octanol–water partition coefficient (Wildman–Crippen LogP) is 2.95. The standard InChI is InChI=1S/C25H25ClN4O6S/c1-2-35-21-11-7-20(8-12-21)30(37(33,34)23-13-5-19(26)6-14-23)16-25(32)29-28-15-18-3-9-22(10-4-18)36-17-24(27)31/h3-15H,2,16-17H2,1H3,(H2,27,31)(H,29,32)/b28-15-. The zero-order chi connectivity index (χ0) is 26.8. The second-order valence-corrected chi connectivity index (χ2v) is 9.81. The van der Waals surface area contributed by atoms with Crippen LogP contribution < -0.4 is 24.9 Å². The molecule has 0 radical (unpaired) electrons. The predicted molar refractivity (Wildman–Crippen MR) is 140 cm³/mol. The zero-order valence-corrected chi connectivity index (χ0v) is 21.4. The van der Waals surface area contributed by atoms with Crippen molar-refractivity contribution in [3.05, 3.63) is 83.4 Å². The van der Waals surface area contributed by atoms with Crippen molar-refractivity contribution in [3.63, 3.8) is 0 Å². The van der Waals surface area contributed by atoms with E-state index in [-0.39, 0.29) is 17.2 Å². The van der Waals surface area contributed by atoms with Crippen LogP contribution in [0.4, 0.5) is 5.69 Å². The number of rotatable bonds is 12. The Morgan fingerprint density at radius 2 is 1.57 bits per heavy atom. The summed E-state index contributed by atoms with van der Waals surface area (Å²) < 4.78 is 38.4. The number of carbonyl (C=O) groups is 2. The SMILES string of the molecule is CCOc1ccc(N(CC(=O)N/N=C\c2ccc(OCC(N)=O)cc2)S(=O)(=O)c2ccc(Cl)cc2)cc1. The number of hydrazone groups is 1. The molecule has 3 aromatic rings. The fourth-order valence-electron chi connectivity index (χ4n) is 3.07. The quantitative estimate of drug-likeness (QED) is 0.265. The number of nitrogens with two attached hydrogens (primary N) is 1. The number of ether oxygens (including phenoxy) is 2. The Labute approximate surface area is 219 Å². The van der Waals surface area contributed by atoms with Gasteiger partial charge in [0, 0.05) is 5.02 Å². The summed E-state index contributed by atoms with van der Waals surface area (Å²) in [6, 6.07) is 18.5. The maximum absolute atomic E-state index is 13.4. The number of nitrogens with zero attached hydrogens (tertiary/aromatic N) is 2. The molecule has 12 heteroatoms. The third-order valence-corrected chi connectivity index (χ3v) is 6.83.